The Labute approximate surface area is 91.5 Å². The lowest BCUT2D eigenvalue weighted by Gasteiger charge is -2.09. The van der Waals surface area contributed by atoms with Gasteiger partial charge in [0.1, 0.15) is 6.34 Å². The fourth-order valence-electron chi connectivity index (χ4n) is 1.47. The van der Waals surface area contributed by atoms with Gasteiger partial charge in [-0.3, -0.25) is 0 Å². The van der Waals surface area contributed by atoms with Crippen LogP contribution in [0.2, 0.25) is 0 Å². The van der Waals surface area contributed by atoms with Gasteiger partial charge in [-0.1, -0.05) is 23.4 Å². The standard InChI is InChI=1S/C10H8N6/c1-2-4-7(5-3-1)13-9-8-10(12-6-11-9)15-16-14-8/h1-6,8H,(H,11,12,13,14,15). The van der Waals surface area contributed by atoms with Crippen LogP contribution < -0.4 is 5.43 Å². The quantitative estimate of drug-likeness (QED) is 0.752. The Bertz CT molecular complexity index is 513. The Kier molecular flexibility index (Phi) is 2.03. The van der Waals surface area contributed by atoms with Crippen molar-refractivity contribution in [1.82, 2.24) is 5.43 Å². The van der Waals surface area contributed by atoms with E-state index in [2.05, 4.69) is 30.7 Å². The molecule has 6 heteroatoms. The van der Waals surface area contributed by atoms with Crippen molar-refractivity contribution >= 4 is 23.7 Å². The second-order valence-corrected chi connectivity index (χ2v) is 3.29. The van der Waals surface area contributed by atoms with Crippen molar-refractivity contribution in [2.24, 2.45) is 25.3 Å². The maximum Gasteiger partial charge on any atom is 0.191 e. The molecule has 78 valence electrons. The topological polar surface area (TPSA) is 73.8 Å². The van der Waals surface area contributed by atoms with Crippen LogP contribution >= 0.6 is 0 Å². The Hall–Kier alpha value is -2.37. The molecule has 6 nitrogen and oxygen atoms in total. The maximum absolute atomic E-state index is 4.40. The molecule has 0 aromatic heterocycles. The highest BCUT2D eigenvalue weighted by Crippen LogP contribution is 2.15. The lowest BCUT2D eigenvalue weighted by atomic mass is 10.2. The third kappa shape index (κ3) is 1.50. The van der Waals surface area contributed by atoms with Crippen molar-refractivity contribution in [3.8, 4) is 0 Å². The molecule has 0 saturated heterocycles. The van der Waals surface area contributed by atoms with Crippen molar-refractivity contribution in [1.29, 1.82) is 0 Å². The van der Waals surface area contributed by atoms with Crippen LogP contribution in [-0.2, 0) is 0 Å². The summed E-state index contributed by atoms with van der Waals surface area (Å²) in [4.78, 5) is 12.5. The molecule has 1 atom stereocenters. The summed E-state index contributed by atoms with van der Waals surface area (Å²) < 4.78 is 0. The van der Waals surface area contributed by atoms with Crippen molar-refractivity contribution in [3.05, 3.63) is 30.3 Å². The number of nitrogens with zero attached hydrogens (tertiary/aromatic N) is 5. The number of hydrogen-bond acceptors (Lipinski definition) is 5. The highest BCUT2D eigenvalue weighted by Gasteiger charge is 2.28. The Morgan fingerprint density at radius 3 is 2.94 bits per heavy atom. The van der Waals surface area contributed by atoms with Crippen molar-refractivity contribution in [2.75, 3.05) is 0 Å². The van der Waals surface area contributed by atoms with Crippen molar-refractivity contribution in [3.63, 3.8) is 0 Å². The van der Waals surface area contributed by atoms with Crippen LogP contribution in [0.25, 0.3) is 0 Å². The minimum Gasteiger partial charge on any atom is -0.244 e. The molecule has 0 fully saturated rings. The number of hydrogen-bond donors (Lipinski definition) is 1. The van der Waals surface area contributed by atoms with E-state index in [1.165, 1.54) is 6.34 Å². The van der Waals surface area contributed by atoms with Crippen LogP contribution in [0.3, 0.4) is 0 Å². The molecule has 0 bridgehead atoms. The molecular weight excluding hydrogens is 204 g/mol. The van der Waals surface area contributed by atoms with Crippen LogP contribution in [0.4, 0.5) is 5.69 Å². The Morgan fingerprint density at radius 1 is 1.19 bits per heavy atom. The van der Waals surface area contributed by atoms with Gasteiger partial charge in [-0.05, 0) is 12.1 Å². The summed E-state index contributed by atoms with van der Waals surface area (Å²) in [6.07, 6.45) is 1.46. The summed E-state index contributed by atoms with van der Waals surface area (Å²) in [5.74, 6) is 1.27. The Morgan fingerprint density at radius 2 is 2.06 bits per heavy atom. The predicted molar refractivity (Wildman–Crippen MR) is 61.2 cm³/mol. The smallest absolute Gasteiger partial charge is 0.191 e. The first-order chi connectivity index (χ1) is 7.93. The lowest BCUT2D eigenvalue weighted by Crippen LogP contribution is -2.32. The zero-order valence-electron chi connectivity index (χ0n) is 8.28. The van der Waals surface area contributed by atoms with Crippen molar-refractivity contribution in [2.45, 2.75) is 6.04 Å². The molecule has 1 aromatic rings. The molecule has 0 amide bonds. The lowest BCUT2D eigenvalue weighted by molar-refractivity contribution is 0.950. The zero-order valence-corrected chi connectivity index (χ0v) is 8.28. The molecule has 0 spiro atoms. The van der Waals surface area contributed by atoms with Gasteiger partial charge in [-0.2, -0.15) is 5.11 Å². The molecule has 1 aromatic carbocycles. The van der Waals surface area contributed by atoms with E-state index >= 15 is 0 Å². The van der Waals surface area contributed by atoms with E-state index in [0.717, 1.165) is 5.69 Å². The zero-order chi connectivity index (χ0) is 10.8. The molecule has 1 N–H and O–H groups in total. The second kappa shape index (κ2) is 3.65. The van der Waals surface area contributed by atoms with Crippen LogP contribution in [-0.4, -0.2) is 24.1 Å². The number of benzene rings is 1. The summed E-state index contributed by atoms with van der Waals surface area (Å²) in [6.45, 7) is 0. The van der Waals surface area contributed by atoms with Gasteiger partial charge >= 0.3 is 0 Å². The molecule has 1 unspecified atom stereocenters. The van der Waals surface area contributed by atoms with Crippen LogP contribution in [0.1, 0.15) is 0 Å². The normalized spacial score (nSPS) is 24.1. The van der Waals surface area contributed by atoms with Crippen LogP contribution in [0.15, 0.2) is 55.6 Å². The first-order valence-corrected chi connectivity index (χ1v) is 4.83. The number of rotatable bonds is 1. The van der Waals surface area contributed by atoms with Gasteiger partial charge in [0.25, 0.3) is 0 Å². The summed E-state index contributed by atoms with van der Waals surface area (Å²) in [6, 6.07) is 9.33. The number of nitrogens with one attached hydrogen (secondary N) is 1. The van der Waals surface area contributed by atoms with Gasteiger partial charge in [0, 0.05) is 0 Å². The molecule has 0 aliphatic carbocycles. The molecular formula is C10H8N6. The first-order valence-electron chi connectivity index (χ1n) is 4.83. The van der Waals surface area contributed by atoms with E-state index in [0.29, 0.717) is 11.7 Å². The number of fused-ring (bicyclic) bond motifs is 1. The number of para-hydroxylation sites is 1. The van der Waals surface area contributed by atoms with Gasteiger partial charge in [0.15, 0.2) is 17.7 Å². The van der Waals surface area contributed by atoms with Gasteiger partial charge in [-0.25, -0.2) is 20.4 Å². The maximum atomic E-state index is 4.40. The average Bonchev–Trinajstić information content (AvgIpc) is 2.80. The molecule has 2 aliphatic heterocycles. The fraction of sp³-hybridized carbons (Fsp3) is 0.100. The van der Waals surface area contributed by atoms with Gasteiger partial charge in [0.2, 0.25) is 0 Å². The summed E-state index contributed by atoms with van der Waals surface area (Å²) in [5, 5.41) is 7.68. The molecule has 2 aliphatic rings. The third-order valence-electron chi connectivity index (χ3n) is 2.23. The monoisotopic (exact) mass is 212 g/mol. The first kappa shape index (κ1) is 8.90. The summed E-state index contributed by atoms with van der Waals surface area (Å²) in [5.41, 5.74) is 3.56. The molecule has 2 heterocycles. The molecule has 3 rings (SSSR count). The largest absolute Gasteiger partial charge is 0.244 e. The van der Waals surface area contributed by atoms with E-state index in [1.54, 1.807) is 0 Å². The van der Waals surface area contributed by atoms with Crippen molar-refractivity contribution < 1.29 is 0 Å². The summed E-state index contributed by atoms with van der Waals surface area (Å²) >= 11 is 0. The average molecular weight is 212 g/mol. The highest BCUT2D eigenvalue weighted by atomic mass is 15.5. The molecule has 0 saturated carbocycles. The van der Waals surface area contributed by atoms with Gasteiger partial charge in [0.05, 0.1) is 5.69 Å². The minimum absolute atomic E-state index is 0.287. The minimum atomic E-state index is -0.287. The molecule has 0 radical (unpaired) electrons. The highest BCUT2D eigenvalue weighted by molar-refractivity contribution is 6.17. The van der Waals surface area contributed by atoms with E-state index in [9.17, 15) is 0 Å². The number of aliphatic imine (C=N–C) groups is 3. The fourth-order valence-corrected chi connectivity index (χ4v) is 1.47. The van der Waals surface area contributed by atoms with E-state index in [-0.39, 0.29) is 6.04 Å². The van der Waals surface area contributed by atoms with E-state index < -0.39 is 0 Å². The van der Waals surface area contributed by atoms with E-state index in [4.69, 9.17) is 0 Å². The second-order valence-electron chi connectivity index (χ2n) is 3.29. The summed E-state index contributed by atoms with van der Waals surface area (Å²) in [7, 11) is 0. The van der Waals surface area contributed by atoms with Gasteiger partial charge in [-0.15, -0.1) is 0 Å². The van der Waals surface area contributed by atoms with Crippen LogP contribution in [0, 0.1) is 0 Å². The van der Waals surface area contributed by atoms with Crippen LogP contribution in [0.5, 0.6) is 0 Å². The predicted octanol–water partition coefficient (Wildman–Crippen LogP) is 1.50. The van der Waals surface area contributed by atoms with E-state index in [1.807, 2.05) is 30.3 Å². The Balaban J connectivity index is 1.96. The molecule has 16 heavy (non-hydrogen) atoms. The van der Waals surface area contributed by atoms with Gasteiger partial charge < -0.3 is 0 Å². The SMILES string of the molecule is C1=NC(=Nc2ccccc2)C2N=NNC2=N1. The third-order valence-corrected chi connectivity index (χ3v) is 2.23. The number of amidine groups is 2.